The summed E-state index contributed by atoms with van der Waals surface area (Å²) in [5, 5.41) is 3.33. The van der Waals surface area contributed by atoms with Crippen LogP contribution >= 0.6 is 12.4 Å². The maximum Gasteiger partial charge on any atom is 0.260 e. The van der Waals surface area contributed by atoms with Crippen molar-refractivity contribution in [1.29, 1.82) is 0 Å². The minimum Gasteiger partial charge on any atom is -0.485 e. The fourth-order valence-corrected chi connectivity index (χ4v) is 2.81. The number of benzene rings is 2. The second-order valence-corrected chi connectivity index (χ2v) is 6.20. The molecule has 2 aromatic carbocycles. The van der Waals surface area contributed by atoms with Crippen LogP contribution in [0.2, 0.25) is 0 Å². The monoisotopic (exact) mass is 376 g/mol. The van der Waals surface area contributed by atoms with Crippen molar-refractivity contribution in [3.8, 4) is 11.5 Å². The molecule has 1 atom stereocenters. The third-order valence-corrected chi connectivity index (χ3v) is 4.16. The Morgan fingerprint density at radius 2 is 1.73 bits per heavy atom. The molecule has 1 aliphatic rings. The molecule has 0 aromatic heterocycles. The molecule has 26 heavy (non-hydrogen) atoms. The molecule has 0 spiro atoms. The zero-order chi connectivity index (χ0) is 17.5. The highest BCUT2D eigenvalue weighted by Crippen LogP contribution is 2.27. The second-order valence-electron chi connectivity index (χ2n) is 6.20. The fraction of sp³-hybridized carbons (Fsp3) is 0.350. The van der Waals surface area contributed by atoms with Crippen LogP contribution in [0.5, 0.6) is 11.5 Å². The molecule has 1 aliphatic heterocycles. The molecule has 6 heteroatoms. The Morgan fingerprint density at radius 1 is 1.08 bits per heavy atom. The number of nitrogens with one attached hydrogen (secondary N) is 1. The van der Waals surface area contributed by atoms with E-state index in [2.05, 4.69) is 12.2 Å². The number of halogens is 1. The van der Waals surface area contributed by atoms with Crippen LogP contribution in [0.4, 0.5) is 0 Å². The molecule has 2 aromatic rings. The molecular weight excluding hydrogens is 352 g/mol. The third kappa shape index (κ3) is 5.64. The highest BCUT2D eigenvalue weighted by molar-refractivity contribution is 5.85. The van der Waals surface area contributed by atoms with Gasteiger partial charge < -0.3 is 19.7 Å². The number of para-hydroxylation sites is 2. The van der Waals surface area contributed by atoms with Gasteiger partial charge in [-0.05, 0) is 24.6 Å². The molecular formula is C20H25ClN2O3. The molecule has 1 unspecified atom stereocenters. The lowest BCUT2D eigenvalue weighted by atomic mass is 10.2. The van der Waals surface area contributed by atoms with Gasteiger partial charge in [0.25, 0.3) is 5.91 Å². The minimum absolute atomic E-state index is 0. The number of hydrogen-bond donors (Lipinski definition) is 1. The largest absolute Gasteiger partial charge is 0.485 e. The van der Waals surface area contributed by atoms with E-state index < -0.39 is 0 Å². The van der Waals surface area contributed by atoms with Crippen LogP contribution in [-0.4, -0.2) is 43.1 Å². The van der Waals surface area contributed by atoms with Crippen LogP contribution in [0.1, 0.15) is 12.5 Å². The Balaban J connectivity index is 0.00000243. The van der Waals surface area contributed by atoms with Gasteiger partial charge in [-0.2, -0.15) is 0 Å². The molecule has 1 amide bonds. The Kier molecular flexibility index (Phi) is 7.75. The molecule has 5 nitrogen and oxygen atoms in total. The summed E-state index contributed by atoms with van der Waals surface area (Å²) in [5.74, 6) is 1.24. The summed E-state index contributed by atoms with van der Waals surface area (Å²) in [6.45, 7) is 4.83. The molecule has 1 saturated heterocycles. The summed E-state index contributed by atoms with van der Waals surface area (Å²) in [5.41, 5.74) is 1.09. The summed E-state index contributed by atoms with van der Waals surface area (Å²) >= 11 is 0. The van der Waals surface area contributed by atoms with Crippen LogP contribution in [-0.2, 0) is 11.4 Å². The topological polar surface area (TPSA) is 50.8 Å². The van der Waals surface area contributed by atoms with E-state index in [1.807, 2.05) is 59.5 Å². The van der Waals surface area contributed by atoms with E-state index >= 15 is 0 Å². The summed E-state index contributed by atoms with van der Waals surface area (Å²) in [4.78, 5) is 14.2. The summed E-state index contributed by atoms with van der Waals surface area (Å²) in [6, 6.07) is 17.7. The van der Waals surface area contributed by atoms with Gasteiger partial charge in [0.2, 0.25) is 0 Å². The lowest BCUT2D eigenvalue weighted by molar-refractivity contribution is -0.134. The third-order valence-electron chi connectivity index (χ3n) is 4.16. The lowest BCUT2D eigenvalue weighted by Gasteiger charge is -2.31. The van der Waals surface area contributed by atoms with Gasteiger partial charge in [0.1, 0.15) is 6.61 Å². The number of carbonyl (C=O) groups excluding carboxylic acids is 1. The minimum atomic E-state index is 0. The summed E-state index contributed by atoms with van der Waals surface area (Å²) < 4.78 is 11.6. The highest BCUT2D eigenvalue weighted by atomic mass is 35.5. The fourth-order valence-electron chi connectivity index (χ4n) is 2.81. The van der Waals surface area contributed by atoms with Gasteiger partial charge in [0.05, 0.1) is 0 Å². The van der Waals surface area contributed by atoms with Crippen LogP contribution < -0.4 is 14.8 Å². The number of rotatable bonds is 6. The first-order valence-electron chi connectivity index (χ1n) is 8.62. The average molecular weight is 377 g/mol. The number of nitrogens with zero attached hydrogens (tertiary/aromatic N) is 1. The van der Waals surface area contributed by atoms with Crippen molar-refractivity contribution in [2.24, 2.45) is 0 Å². The van der Waals surface area contributed by atoms with E-state index in [0.717, 1.165) is 18.7 Å². The van der Waals surface area contributed by atoms with Gasteiger partial charge in [-0.3, -0.25) is 4.79 Å². The zero-order valence-corrected chi connectivity index (χ0v) is 15.7. The molecule has 1 fully saturated rings. The number of carbonyl (C=O) groups is 1. The van der Waals surface area contributed by atoms with E-state index in [-0.39, 0.29) is 24.9 Å². The van der Waals surface area contributed by atoms with Gasteiger partial charge in [0.15, 0.2) is 18.1 Å². The van der Waals surface area contributed by atoms with Crippen molar-refractivity contribution in [3.63, 3.8) is 0 Å². The molecule has 3 rings (SSSR count). The summed E-state index contributed by atoms with van der Waals surface area (Å²) in [7, 11) is 0. The molecule has 1 heterocycles. The molecule has 140 valence electrons. The Labute approximate surface area is 160 Å². The van der Waals surface area contributed by atoms with Crippen molar-refractivity contribution < 1.29 is 14.3 Å². The van der Waals surface area contributed by atoms with Gasteiger partial charge >= 0.3 is 0 Å². The first-order valence-corrected chi connectivity index (χ1v) is 8.62. The van der Waals surface area contributed by atoms with Crippen molar-refractivity contribution in [3.05, 3.63) is 60.2 Å². The van der Waals surface area contributed by atoms with E-state index in [4.69, 9.17) is 9.47 Å². The van der Waals surface area contributed by atoms with Crippen molar-refractivity contribution in [2.75, 3.05) is 26.2 Å². The van der Waals surface area contributed by atoms with E-state index in [1.54, 1.807) is 0 Å². The van der Waals surface area contributed by atoms with E-state index in [1.165, 1.54) is 0 Å². The highest BCUT2D eigenvalue weighted by Gasteiger charge is 2.21. The van der Waals surface area contributed by atoms with Crippen LogP contribution in [0.3, 0.4) is 0 Å². The predicted molar refractivity (Wildman–Crippen MR) is 104 cm³/mol. The maximum atomic E-state index is 12.3. The Hall–Kier alpha value is -2.24. The van der Waals surface area contributed by atoms with Crippen molar-refractivity contribution in [2.45, 2.75) is 19.6 Å². The van der Waals surface area contributed by atoms with Crippen LogP contribution in [0.25, 0.3) is 0 Å². The quantitative estimate of drug-likeness (QED) is 0.842. The predicted octanol–water partition coefficient (Wildman–Crippen LogP) is 2.89. The van der Waals surface area contributed by atoms with E-state index in [0.29, 0.717) is 30.7 Å². The van der Waals surface area contributed by atoms with Gasteiger partial charge in [-0.25, -0.2) is 0 Å². The molecule has 0 bridgehead atoms. The molecule has 1 N–H and O–H groups in total. The van der Waals surface area contributed by atoms with Crippen molar-refractivity contribution >= 4 is 18.3 Å². The number of hydrogen-bond acceptors (Lipinski definition) is 4. The molecule has 0 radical (unpaired) electrons. The first kappa shape index (κ1) is 20.1. The lowest BCUT2D eigenvalue weighted by Crippen LogP contribution is -2.52. The normalized spacial score (nSPS) is 16.5. The average Bonchev–Trinajstić information content (AvgIpc) is 2.66. The number of piperazine rings is 1. The van der Waals surface area contributed by atoms with Gasteiger partial charge in [-0.1, -0.05) is 42.5 Å². The zero-order valence-electron chi connectivity index (χ0n) is 14.9. The second kappa shape index (κ2) is 10.0. The number of amides is 1. The SMILES string of the molecule is CC1CN(C(=O)COc2ccccc2OCc2ccccc2)CCN1.Cl. The van der Waals surface area contributed by atoms with E-state index in [9.17, 15) is 4.79 Å². The molecule has 0 aliphatic carbocycles. The molecule has 0 saturated carbocycles. The van der Waals surface area contributed by atoms with Crippen LogP contribution in [0.15, 0.2) is 54.6 Å². The first-order chi connectivity index (χ1) is 12.2. The maximum absolute atomic E-state index is 12.3. The van der Waals surface area contributed by atoms with Gasteiger partial charge in [-0.15, -0.1) is 12.4 Å². The Morgan fingerprint density at radius 3 is 2.42 bits per heavy atom. The smallest absolute Gasteiger partial charge is 0.260 e. The number of ether oxygens (including phenoxy) is 2. The standard InChI is InChI=1S/C20H24N2O3.ClH/c1-16-13-22(12-11-21-16)20(23)15-25-19-10-6-5-9-18(19)24-14-17-7-3-2-4-8-17;/h2-10,16,21H,11-15H2,1H3;1H. The van der Waals surface area contributed by atoms with Crippen molar-refractivity contribution in [1.82, 2.24) is 10.2 Å². The Bertz CT molecular complexity index is 696. The summed E-state index contributed by atoms with van der Waals surface area (Å²) in [6.07, 6.45) is 0. The van der Waals surface area contributed by atoms with Gasteiger partial charge in [0, 0.05) is 25.7 Å². The van der Waals surface area contributed by atoms with Crippen LogP contribution in [0, 0.1) is 0 Å².